The minimum Gasteiger partial charge on any atom is -0.481 e. The van der Waals surface area contributed by atoms with E-state index in [-0.39, 0.29) is 12.4 Å². The van der Waals surface area contributed by atoms with E-state index in [1.165, 1.54) is 0 Å². The van der Waals surface area contributed by atoms with Crippen molar-refractivity contribution in [2.75, 3.05) is 0 Å². The van der Waals surface area contributed by atoms with Crippen molar-refractivity contribution in [1.82, 2.24) is 20.8 Å². The van der Waals surface area contributed by atoms with Gasteiger partial charge in [-0.2, -0.15) is 4.98 Å². The maximum absolute atomic E-state index is 11.8. The molecule has 20 heavy (non-hydrogen) atoms. The molecule has 2 amide bonds. The van der Waals surface area contributed by atoms with E-state index in [0.29, 0.717) is 5.82 Å². The Morgan fingerprint density at radius 2 is 1.90 bits per heavy atom. The number of carboxylic acid groups (broad SMARTS) is 1. The Morgan fingerprint density at radius 3 is 2.35 bits per heavy atom. The van der Waals surface area contributed by atoms with E-state index < -0.39 is 23.0 Å². The van der Waals surface area contributed by atoms with E-state index in [0.717, 1.165) is 0 Å². The molecule has 1 rings (SSSR count). The first-order chi connectivity index (χ1) is 9.06. The molecule has 1 aromatic rings. The molecule has 0 radical (unpaired) electrons. The van der Waals surface area contributed by atoms with Crippen LogP contribution in [0.2, 0.25) is 0 Å². The van der Waals surface area contributed by atoms with Crippen LogP contribution in [0.15, 0.2) is 4.52 Å². The molecular formula is C12H20N4O4. The number of nitrogens with one attached hydrogen (secondary N) is 2. The lowest BCUT2D eigenvalue weighted by molar-refractivity contribution is -0.150. The first-order valence-electron chi connectivity index (χ1n) is 6.15. The molecule has 0 fully saturated rings. The van der Waals surface area contributed by atoms with Crippen molar-refractivity contribution in [3.8, 4) is 0 Å². The van der Waals surface area contributed by atoms with Crippen molar-refractivity contribution in [3.05, 3.63) is 11.7 Å². The van der Waals surface area contributed by atoms with Crippen LogP contribution in [0.1, 0.15) is 39.4 Å². The van der Waals surface area contributed by atoms with Crippen LogP contribution in [-0.2, 0) is 11.3 Å². The molecule has 1 aromatic heterocycles. The summed E-state index contributed by atoms with van der Waals surface area (Å²) in [6.07, 6.45) is 0. The van der Waals surface area contributed by atoms with Crippen molar-refractivity contribution in [1.29, 1.82) is 0 Å². The van der Waals surface area contributed by atoms with Crippen molar-refractivity contribution < 1.29 is 19.2 Å². The molecular weight excluding hydrogens is 264 g/mol. The number of nitrogens with zero attached hydrogens (tertiary/aromatic N) is 2. The Bertz CT molecular complexity index is 507. The fraction of sp³-hybridized carbons (Fsp3) is 0.667. The summed E-state index contributed by atoms with van der Waals surface area (Å²) >= 11 is 0. The summed E-state index contributed by atoms with van der Waals surface area (Å²) < 4.78 is 4.85. The van der Waals surface area contributed by atoms with Crippen LogP contribution in [0.4, 0.5) is 4.79 Å². The van der Waals surface area contributed by atoms with E-state index in [1.807, 2.05) is 0 Å². The first-order valence-corrected chi connectivity index (χ1v) is 6.15. The normalized spacial score (nSPS) is 12.1. The van der Waals surface area contributed by atoms with Gasteiger partial charge in [-0.15, -0.1) is 0 Å². The number of aromatic nitrogens is 2. The van der Waals surface area contributed by atoms with Crippen LogP contribution in [0.25, 0.3) is 0 Å². The molecule has 0 bridgehead atoms. The SMILES string of the molecule is Cc1noc(CNC(=O)NC(C)(C)C(C)(C)C(=O)O)n1. The van der Waals surface area contributed by atoms with Gasteiger partial charge >= 0.3 is 12.0 Å². The summed E-state index contributed by atoms with van der Waals surface area (Å²) in [6.45, 7) is 8.16. The predicted octanol–water partition coefficient (Wildman–Crippen LogP) is 1.07. The summed E-state index contributed by atoms with van der Waals surface area (Å²) in [5.74, 6) is -0.224. The highest BCUT2D eigenvalue weighted by Crippen LogP contribution is 2.30. The molecule has 0 aliphatic carbocycles. The van der Waals surface area contributed by atoms with Gasteiger partial charge in [0.2, 0.25) is 5.89 Å². The zero-order valence-electron chi connectivity index (χ0n) is 12.3. The summed E-state index contributed by atoms with van der Waals surface area (Å²) in [4.78, 5) is 27.0. The largest absolute Gasteiger partial charge is 0.481 e. The van der Waals surface area contributed by atoms with Gasteiger partial charge < -0.3 is 20.3 Å². The second-order valence-corrected chi connectivity index (χ2v) is 5.60. The molecule has 0 spiro atoms. The second kappa shape index (κ2) is 5.48. The number of aliphatic carboxylic acids is 1. The molecule has 3 N–H and O–H groups in total. The van der Waals surface area contributed by atoms with Gasteiger partial charge in [0, 0.05) is 0 Å². The van der Waals surface area contributed by atoms with E-state index in [1.54, 1.807) is 34.6 Å². The number of carbonyl (C=O) groups excluding carboxylic acids is 1. The zero-order chi connectivity index (χ0) is 15.6. The third-order valence-corrected chi connectivity index (χ3v) is 3.49. The molecule has 8 nitrogen and oxygen atoms in total. The Balaban J connectivity index is 2.59. The summed E-state index contributed by atoms with van der Waals surface area (Å²) in [6, 6.07) is -0.500. The number of aryl methyl sites for hydroxylation is 1. The lowest BCUT2D eigenvalue weighted by atomic mass is 9.74. The molecule has 0 aliphatic heterocycles. The third-order valence-electron chi connectivity index (χ3n) is 3.49. The third kappa shape index (κ3) is 3.46. The average Bonchev–Trinajstić information content (AvgIpc) is 2.71. The topological polar surface area (TPSA) is 117 Å². The maximum Gasteiger partial charge on any atom is 0.315 e. The van der Waals surface area contributed by atoms with Gasteiger partial charge in [0.15, 0.2) is 5.82 Å². The number of amides is 2. The maximum atomic E-state index is 11.8. The summed E-state index contributed by atoms with van der Waals surface area (Å²) in [5, 5.41) is 18.0. The molecule has 1 heterocycles. The number of rotatable bonds is 5. The minimum atomic E-state index is -1.12. The zero-order valence-corrected chi connectivity index (χ0v) is 12.3. The predicted molar refractivity (Wildman–Crippen MR) is 69.9 cm³/mol. The molecule has 8 heteroatoms. The monoisotopic (exact) mass is 284 g/mol. The highest BCUT2D eigenvalue weighted by Gasteiger charge is 2.44. The van der Waals surface area contributed by atoms with Crippen molar-refractivity contribution in [2.24, 2.45) is 5.41 Å². The smallest absolute Gasteiger partial charge is 0.315 e. The van der Waals surface area contributed by atoms with Crippen LogP contribution >= 0.6 is 0 Å². The Labute approximate surface area is 116 Å². The first kappa shape index (κ1) is 15.9. The number of urea groups is 1. The van der Waals surface area contributed by atoms with Gasteiger partial charge in [0.05, 0.1) is 17.5 Å². The quantitative estimate of drug-likeness (QED) is 0.744. The van der Waals surface area contributed by atoms with E-state index >= 15 is 0 Å². The van der Waals surface area contributed by atoms with Crippen LogP contribution in [0, 0.1) is 12.3 Å². The number of carbonyl (C=O) groups is 2. The van der Waals surface area contributed by atoms with Crippen LogP contribution in [0.3, 0.4) is 0 Å². The molecule has 0 unspecified atom stereocenters. The van der Waals surface area contributed by atoms with Gasteiger partial charge in [0.25, 0.3) is 0 Å². The number of hydrogen-bond donors (Lipinski definition) is 3. The van der Waals surface area contributed by atoms with E-state index in [2.05, 4.69) is 20.8 Å². The van der Waals surface area contributed by atoms with Crippen molar-refractivity contribution in [2.45, 2.75) is 46.7 Å². The van der Waals surface area contributed by atoms with Crippen molar-refractivity contribution >= 4 is 12.0 Å². The number of hydrogen-bond acceptors (Lipinski definition) is 5. The highest BCUT2D eigenvalue weighted by molar-refractivity contribution is 5.79. The lowest BCUT2D eigenvalue weighted by Crippen LogP contribution is -2.58. The van der Waals surface area contributed by atoms with Gasteiger partial charge in [-0.05, 0) is 34.6 Å². The molecule has 0 aliphatic rings. The summed E-state index contributed by atoms with van der Waals surface area (Å²) in [5.41, 5.74) is -2.06. The fourth-order valence-corrected chi connectivity index (χ4v) is 1.32. The van der Waals surface area contributed by atoms with Gasteiger partial charge in [-0.25, -0.2) is 4.79 Å². The van der Waals surface area contributed by atoms with E-state index in [4.69, 9.17) is 4.52 Å². The Kier molecular flexibility index (Phi) is 4.36. The molecule has 0 saturated heterocycles. The van der Waals surface area contributed by atoms with Gasteiger partial charge in [0.1, 0.15) is 0 Å². The molecule has 0 aromatic carbocycles. The highest BCUT2D eigenvalue weighted by atomic mass is 16.5. The minimum absolute atomic E-state index is 0.0796. The van der Waals surface area contributed by atoms with Gasteiger partial charge in [-0.1, -0.05) is 5.16 Å². The fourth-order valence-electron chi connectivity index (χ4n) is 1.32. The van der Waals surface area contributed by atoms with Crippen LogP contribution in [0.5, 0.6) is 0 Å². The Hall–Kier alpha value is -2.12. The van der Waals surface area contributed by atoms with Gasteiger partial charge in [-0.3, -0.25) is 4.79 Å². The Morgan fingerprint density at radius 1 is 1.30 bits per heavy atom. The van der Waals surface area contributed by atoms with Crippen molar-refractivity contribution in [3.63, 3.8) is 0 Å². The van der Waals surface area contributed by atoms with Crippen LogP contribution in [-0.4, -0.2) is 32.8 Å². The summed E-state index contributed by atoms with van der Waals surface area (Å²) in [7, 11) is 0. The standard InChI is InChI=1S/C12H20N4O4/c1-7-14-8(20-16-7)6-13-10(19)15-12(4,5)11(2,3)9(17)18/h6H2,1-5H3,(H,17,18)(H2,13,15,19). The average molecular weight is 284 g/mol. The second-order valence-electron chi connectivity index (χ2n) is 5.60. The lowest BCUT2D eigenvalue weighted by Gasteiger charge is -2.38. The molecule has 0 atom stereocenters. The van der Waals surface area contributed by atoms with E-state index in [9.17, 15) is 14.7 Å². The molecule has 112 valence electrons. The number of carboxylic acids is 1. The molecule has 0 saturated carbocycles. The van der Waals surface area contributed by atoms with Crippen LogP contribution < -0.4 is 10.6 Å².